The molecule has 1 aromatic heterocycles. The van der Waals surface area contributed by atoms with Crippen molar-refractivity contribution in [1.82, 2.24) is 9.88 Å². The number of hydrogen-bond donors (Lipinski definition) is 2. The van der Waals surface area contributed by atoms with Crippen LogP contribution in [0, 0.1) is 0 Å². The van der Waals surface area contributed by atoms with Crippen LogP contribution < -0.4 is 4.74 Å². The number of aromatic amines is 1. The lowest BCUT2D eigenvalue weighted by molar-refractivity contribution is -0.139. The van der Waals surface area contributed by atoms with Gasteiger partial charge in [-0.3, -0.25) is 9.59 Å². The van der Waals surface area contributed by atoms with Crippen molar-refractivity contribution in [2.24, 2.45) is 0 Å². The third kappa shape index (κ3) is 4.59. The second-order valence-electron chi connectivity index (χ2n) is 7.20. The van der Waals surface area contributed by atoms with Gasteiger partial charge in [-0.15, -0.1) is 0 Å². The Kier molecular flexibility index (Phi) is 6.22. The zero-order chi connectivity index (χ0) is 21.0. The summed E-state index contributed by atoms with van der Waals surface area (Å²) in [5.41, 5.74) is 4.12. The summed E-state index contributed by atoms with van der Waals surface area (Å²) in [5.74, 6) is -0.184. The zero-order valence-electron chi connectivity index (χ0n) is 16.9. The van der Waals surface area contributed by atoms with Crippen LogP contribution in [0.3, 0.4) is 0 Å². The second-order valence-corrected chi connectivity index (χ2v) is 7.20. The van der Waals surface area contributed by atoms with E-state index in [1.807, 2.05) is 42.5 Å². The molecule has 0 radical (unpaired) electrons. The molecule has 2 aromatic carbocycles. The van der Waals surface area contributed by atoms with E-state index < -0.39 is 5.97 Å². The monoisotopic (exact) mass is 394 g/mol. The number of carboxylic acid groups (broad SMARTS) is 1. The fourth-order valence-corrected chi connectivity index (χ4v) is 3.51. The van der Waals surface area contributed by atoms with Gasteiger partial charge in [0.15, 0.2) is 0 Å². The third-order valence-electron chi connectivity index (χ3n) is 5.31. The maximum atomic E-state index is 12.6. The molecule has 0 saturated carbocycles. The fraction of sp³-hybridized carbons (Fsp3) is 0.304. The average molecular weight is 394 g/mol. The molecule has 0 aliphatic carbocycles. The Morgan fingerprint density at radius 2 is 1.83 bits per heavy atom. The minimum atomic E-state index is -0.907. The smallest absolute Gasteiger partial charge is 0.305 e. The molecule has 0 saturated heterocycles. The highest BCUT2D eigenvalue weighted by Gasteiger charge is 2.20. The van der Waals surface area contributed by atoms with Crippen LogP contribution in [0.1, 0.15) is 25.3 Å². The molecule has 152 valence electrons. The van der Waals surface area contributed by atoms with E-state index in [0.717, 1.165) is 33.5 Å². The molecule has 0 aliphatic heterocycles. The molecule has 1 amide bonds. The largest absolute Gasteiger partial charge is 0.497 e. The molecular weight excluding hydrogens is 368 g/mol. The number of amides is 1. The number of nitrogens with one attached hydrogen (secondary N) is 1. The van der Waals surface area contributed by atoms with Gasteiger partial charge in [-0.1, -0.05) is 18.2 Å². The molecule has 1 heterocycles. The van der Waals surface area contributed by atoms with Crippen LogP contribution in [0.4, 0.5) is 0 Å². The number of hydrogen-bond acceptors (Lipinski definition) is 3. The molecule has 0 aliphatic rings. The number of aryl methyl sites for hydroxylation is 1. The minimum absolute atomic E-state index is 0.0631. The van der Waals surface area contributed by atoms with Gasteiger partial charge >= 0.3 is 5.97 Å². The predicted octanol–water partition coefficient (Wildman–Crippen LogP) is 4.10. The quantitative estimate of drug-likeness (QED) is 0.603. The minimum Gasteiger partial charge on any atom is -0.497 e. The number of carboxylic acids is 1. The number of aromatic nitrogens is 1. The number of rotatable bonds is 8. The van der Waals surface area contributed by atoms with Gasteiger partial charge < -0.3 is 19.7 Å². The summed E-state index contributed by atoms with van der Waals surface area (Å²) >= 11 is 0. The number of benzene rings is 2. The standard InChI is InChI=1S/C23H26N2O4/c1-15(14-22(27)28)25(2)21(26)13-12-19-18-6-4-5-7-20(18)24-23(19)16-8-10-17(29-3)11-9-16/h4-11,15,24H,12-14H2,1-3H3,(H,27,28). The number of H-pyrrole nitrogens is 1. The summed E-state index contributed by atoms with van der Waals surface area (Å²) in [6, 6.07) is 15.5. The van der Waals surface area contributed by atoms with Gasteiger partial charge in [-0.25, -0.2) is 0 Å². The molecule has 1 unspecified atom stereocenters. The summed E-state index contributed by atoms with van der Waals surface area (Å²) < 4.78 is 5.25. The van der Waals surface area contributed by atoms with E-state index >= 15 is 0 Å². The molecule has 2 N–H and O–H groups in total. The van der Waals surface area contributed by atoms with Crippen LogP contribution >= 0.6 is 0 Å². The summed E-state index contributed by atoms with van der Waals surface area (Å²) in [6.45, 7) is 1.75. The first-order chi connectivity index (χ1) is 13.9. The van der Waals surface area contributed by atoms with E-state index in [1.165, 1.54) is 4.90 Å². The Bertz CT molecular complexity index is 1010. The number of aliphatic carboxylic acids is 1. The molecule has 3 rings (SSSR count). The molecule has 0 bridgehead atoms. The molecule has 3 aromatic rings. The van der Waals surface area contributed by atoms with Crippen LogP contribution in [0.2, 0.25) is 0 Å². The Morgan fingerprint density at radius 3 is 2.48 bits per heavy atom. The van der Waals surface area contributed by atoms with E-state index in [-0.39, 0.29) is 18.4 Å². The molecule has 29 heavy (non-hydrogen) atoms. The van der Waals surface area contributed by atoms with Gasteiger partial charge in [-0.05, 0) is 54.8 Å². The van der Waals surface area contributed by atoms with E-state index in [0.29, 0.717) is 12.8 Å². The topological polar surface area (TPSA) is 82.6 Å². The van der Waals surface area contributed by atoms with Gasteiger partial charge in [0.2, 0.25) is 5.91 Å². The van der Waals surface area contributed by atoms with E-state index in [2.05, 4.69) is 11.1 Å². The van der Waals surface area contributed by atoms with Gasteiger partial charge in [0.25, 0.3) is 0 Å². The summed E-state index contributed by atoms with van der Waals surface area (Å²) in [4.78, 5) is 28.6. The first-order valence-electron chi connectivity index (χ1n) is 9.62. The number of carbonyl (C=O) groups excluding carboxylic acids is 1. The molecule has 6 heteroatoms. The molecule has 1 atom stereocenters. The van der Waals surface area contributed by atoms with Gasteiger partial charge in [0.1, 0.15) is 5.75 Å². The average Bonchev–Trinajstić information content (AvgIpc) is 3.09. The first kappa shape index (κ1) is 20.5. The van der Waals surface area contributed by atoms with Crippen molar-refractivity contribution in [2.45, 2.75) is 32.2 Å². The number of fused-ring (bicyclic) bond motifs is 1. The number of ether oxygens (including phenoxy) is 1. The van der Waals surface area contributed by atoms with Crippen molar-refractivity contribution in [3.63, 3.8) is 0 Å². The van der Waals surface area contributed by atoms with Crippen LogP contribution in [-0.4, -0.2) is 47.1 Å². The lowest BCUT2D eigenvalue weighted by atomic mass is 10.0. The van der Waals surface area contributed by atoms with Crippen LogP contribution in [-0.2, 0) is 16.0 Å². The van der Waals surface area contributed by atoms with Gasteiger partial charge in [0, 0.05) is 36.1 Å². The van der Waals surface area contributed by atoms with Crippen LogP contribution in [0.5, 0.6) is 5.75 Å². The highest BCUT2D eigenvalue weighted by atomic mass is 16.5. The lowest BCUT2D eigenvalue weighted by Crippen LogP contribution is -2.36. The SMILES string of the molecule is COc1ccc(-c2[nH]c3ccccc3c2CCC(=O)N(C)C(C)CC(=O)O)cc1. The molecule has 0 spiro atoms. The van der Waals surface area contributed by atoms with Crippen molar-refractivity contribution in [3.8, 4) is 17.0 Å². The summed E-state index contributed by atoms with van der Waals surface area (Å²) in [5, 5.41) is 10.1. The second kappa shape index (κ2) is 8.82. The number of carbonyl (C=O) groups is 2. The van der Waals surface area contributed by atoms with E-state index in [4.69, 9.17) is 9.84 Å². The van der Waals surface area contributed by atoms with Gasteiger partial charge in [0.05, 0.1) is 13.5 Å². The van der Waals surface area contributed by atoms with Crippen molar-refractivity contribution in [1.29, 1.82) is 0 Å². The molecular formula is C23H26N2O4. The maximum absolute atomic E-state index is 12.6. The Morgan fingerprint density at radius 1 is 1.14 bits per heavy atom. The predicted molar refractivity (Wildman–Crippen MR) is 113 cm³/mol. The van der Waals surface area contributed by atoms with Crippen molar-refractivity contribution < 1.29 is 19.4 Å². The van der Waals surface area contributed by atoms with Crippen LogP contribution in [0.25, 0.3) is 22.2 Å². The molecule has 0 fully saturated rings. The normalized spacial score (nSPS) is 12.0. The van der Waals surface area contributed by atoms with Crippen molar-refractivity contribution in [3.05, 3.63) is 54.1 Å². The van der Waals surface area contributed by atoms with Crippen molar-refractivity contribution in [2.75, 3.05) is 14.2 Å². The van der Waals surface area contributed by atoms with E-state index in [9.17, 15) is 9.59 Å². The highest BCUT2D eigenvalue weighted by Crippen LogP contribution is 2.32. The fourth-order valence-electron chi connectivity index (χ4n) is 3.51. The summed E-state index contributed by atoms with van der Waals surface area (Å²) in [7, 11) is 3.30. The number of para-hydroxylation sites is 1. The number of nitrogens with zero attached hydrogens (tertiary/aromatic N) is 1. The maximum Gasteiger partial charge on any atom is 0.305 e. The van der Waals surface area contributed by atoms with E-state index in [1.54, 1.807) is 21.1 Å². The molecule has 6 nitrogen and oxygen atoms in total. The third-order valence-corrected chi connectivity index (χ3v) is 5.31. The zero-order valence-corrected chi connectivity index (χ0v) is 16.9. The first-order valence-corrected chi connectivity index (χ1v) is 9.62. The highest BCUT2D eigenvalue weighted by molar-refractivity contribution is 5.91. The summed E-state index contributed by atoms with van der Waals surface area (Å²) in [6.07, 6.45) is 0.812. The Hall–Kier alpha value is -3.28. The Labute approximate surface area is 170 Å². The lowest BCUT2D eigenvalue weighted by Gasteiger charge is -2.23. The number of methoxy groups -OCH3 is 1. The van der Waals surface area contributed by atoms with Gasteiger partial charge in [-0.2, -0.15) is 0 Å². The Balaban J connectivity index is 1.86. The van der Waals surface area contributed by atoms with Crippen LogP contribution in [0.15, 0.2) is 48.5 Å². The van der Waals surface area contributed by atoms with Crippen molar-refractivity contribution >= 4 is 22.8 Å².